The largest absolute Gasteiger partial charge is 0.634 e. The van der Waals surface area contributed by atoms with E-state index in [1.807, 2.05) is 21.1 Å². The van der Waals surface area contributed by atoms with Gasteiger partial charge in [-0.2, -0.15) is 4.57 Å². The van der Waals surface area contributed by atoms with Crippen molar-refractivity contribution < 1.29 is 33.2 Å². The number of aliphatic hydroxyl groups excluding tert-OH is 2. The summed E-state index contributed by atoms with van der Waals surface area (Å²) in [4.78, 5) is 7.21. The number of quaternary nitrogens is 1. The van der Waals surface area contributed by atoms with E-state index in [1.165, 1.54) is 0 Å². The Morgan fingerprint density at radius 2 is 1.94 bits per heavy atom. The minimum Gasteiger partial charge on any atom is -0.394 e. The number of rotatable bonds is 8. The van der Waals surface area contributed by atoms with Gasteiger partial charge in [-0.3, -0.25) is 0 Å². The van der Waals surface area contributed by atoms with Crippen molar-refractivity contribution in [1.29, 1.82) is 0 Å². The smallest absolute Gasteiger partial charge is 0.394 e. The number of hydrogen-bond donors (Lipinski definition) is 2. The summed E-state index contributed by atoms with van der Waals surface area (Å²) in [5, 5.41) is 17.4. The quantitative estimate of drug-likeness (QED) is 0.328. The highest BCUT2D eigenvalue weighted by Crippen LogP contribution is 2.42. The molecule has 0 aliphatic heterocycles. The fourth-order valence-electron chi connectivity index (χ4n) is 0.709. The van der Waals surface area contributed by atoms with Gasteiger partial charge in [0.25, 0.3) is 0 Å². The Morgan fingerprint density at radius 3 is 2.38 bits per heavy atom. The van der Waals surface area contributed by atoms with E-state index in [-0.39, 0.29) is 13.2 Å². The molecule has 0 rings (SSSR count). The molecule has 0 aromatic carbocycles. The molecular formula is C8H22NO6P+2. The van der Waals surface area contributed by atoms with Crippen molar-refractivity contribution in [3.8, 4) is 0 Å². The maximum Gasteiger partial charge on any atom is 0.634 e. The van der Waals surface area contributed by atoms with Gasteiger partial charge in [-0.25, -0.2) is 9.05 Å². The molecule has 0 aliphatic rings. The molecule has 0 saturated carbocycles. The maximum absolute atomic E-state index is 11.3. The summed E-state index contributed by atoms with van der Waals surface area (Å²) >= 11 is 0. The second-order valence-electron chi connectivity index (χ2n) is 4.48. The lowest BCUT2D eigenvalue weighted by atomic mass is 10.4. The van der Waals surface area contributed by atoms with Crippen LogP contribution in [-0.4, -0.2) is 73.2 Å². The molecule has 16 heavy (non-hydrogen) atoms. The van der Waals surface area contributed by atoms with Crippen LogP contribution >= 0.6 is 7.82 Å². The SMILES string of the molecule is C[N+](C)(C)CCOP(=O)([OH2+])OCC(O)CO. The van der Waals surface area contributed by atoms with E-state index in [1.54, 1.807) is 0 Å². The fourth-order valence-corrected chi connectivity index (χ4v) is 1.47. The first-order valence-electron chi connectivity index (χ1n) is 4.90. The molecule has 0 amide bonds. The first-order chi connectivity index (χ1) is 7.16. The highest BCUT2D eigenvalue weighted by atomic mass is 31.2. The van der Waals surface area contributed by atoms with E-state index < -0.39 is 20.5 Å². The van der Waals surface area contributed by atoms with E-state index in [9.17, 15) is 4.57 Å². The van der Waals surface area contributed by atoms with Crippen LogP contribution in [0.2, 0.25) is 0 Å². The standard InChI is InChI=1S/C8H20NO6P/c1-9(2,3)4-5-14-16(12,13)15-7-8(11)6-10/h8,10-11H,4-7H2,1-3H3/p+2. The predicted octanol–water partition coefficient (Wildman–Crippen LogP) is -1.09. The third-order valence-electron chi connectivity index (χ3n) is 1.67. The highest BCUT2D eigenvalue weighted by molar-refractivity contribution is 7.47. The van der Waals surface area contributed by atoms with Gasteiger partial charge in [0.1, 0.15) is 19.3 Å². The van der Waals surface area contributed by atoms with E-state index in [2.05, 4.69) is 4.52 Å². The normalized spacial score (nSPS) is 18.1. The maximum atomic E-state index is 11.3. The third kappa shape index (κ3) is 9.23. The summed E-state index contributed by atoms with van der Waals surface area (Å²) in [5.74, 6) is 0. The zero-order valence-corrected chi connectivity index (χ0v) is 10.8. The van der Waals surface area contributed by atoms with Crippen LogP contribution in [0.1, 0.15) is 0 Å². The summed E-state index contributed by atoms with van der Waals surface area (Å²) in [6.07, 6.45) is -1.14. The predicted molar refractivity (Wildman–Crippen MR) is 59.1 cm³/mol. The van der Waals surface area contributed by atoms with Crippen molar-refractivity contribution in [2.24, 2.45) is 0 Å². The topological polar surface area (TPSA) is 98.9 Å². The molecule has 0 heterocycles. The Bertz CT molecular complexity index is 241. The van der Waals surface area contributed by atoms with Crippen LogP contribution in [0.3, 0.4) is 0 Å². The Balaban J connectivity index is 3.83. The molecule has 0 saturated heterocycles. The molecule has 0 bridgehead atoms. The average molecular weight is 259 g/mol. The molecule has 0 aliphatic carbocycles. The molecule has 0 spiro atoms. The molecule has 0 fully saturated rings. The molecular weight excluding hydrogens is 237 g/mol. The van der Waals surface area contributed by atoms with Crippen molar-refractivity contribution in [3.05, 3.63) is 0 Å². The summed E-state index contributed by atoms with van der Waals surface area (Å²) in [6.45, 7) is -0.144. The van der Waals surface area contributed by atoms with Gasteiger partial charge in [-0.1, -0.05) is 0 Å². The Labute approximate surface area is 95.4 Å². The number of aliphatic hydroxyl groups is 2. The fraction of sp³-hybridized carbons (Fsp3) is 1.00. The van der Waals surface area contributed by atoms with Crippen molar-refractivity contribution >= 4 is 7.82 Å². The molecule has 2 atom stereocenters. The molecule has 4 N–H and O–H groups in total. The molecule has 0 aromatic rings. The lowest BCUT2D eigenvalue weighted by Crippen LogP contribution is -2.37. The van der Waals surface area contributed by atoms with E-state index in [4.69, 9.17) is 19.6 Å². The van der Waals surface area contributed by atoms with E-state index in [0.717, 1.165) is 0 Å². The summed E-state index contributed by atoms with van der Waals surface area (Å²) in [5.41, 5.74) is 0. The van der Waals surface area contributed by atoms with Gasteiger partial charge < -0.3 is 19.6 Å². The molecule has 98 valence electrons. The molecule has 0 aromatic heterocycles. The van der Waals surface area contributed by atoms with Crippen LogP contribution in [0, 0.1) is 0 Å². The zero-order chi connectivity index (χ0) is 12.8. The van der Waals surface area contributed by atoms with Gasteiger partial charge in [0.2, 0.25) is 0 Å². The highest BCUT2D eigenvalue weighted by Gasteiger charge is 2.30. The molecule has 0 radical (unpaired) electrons. The van der Waals surface area contributed by atoms with Gasteiger partial charge in [-0.15, -0.1) is 0 Å². The van der Waals surface area contributed by atoms with Gasteiger partial charge >= 0.3 is 7.82 Å². The Hall–Kier alpha value is -0.0100. The zero-order valence-electron chi connectivity index (χ0n) is 9.92. The van der Waals surface area contributed by atoms with Crippen LogP contribution in [0.5, 0.6) is 0 Å². The average Bonchev–Trinajstić information content (AvgIpc) is 2.12. The summed E-state index contributed by atoms with van der Waals surface area (Å²) in [7, 11) is 1.94. The van der Waals surface area contributed by atoms with Crippen LogP contribution in [0.15, 0.2) is 0 Å². The molecule has 8 heteroatoms. The molecule has 7 nitrogen and oxygen atoms in total. The Kier molecular flexibility index (Phi) is 6.65. The molecule has 2 unspecified atom stereocenters. The second-order valence-corrected chi connectivity index (χ2v) is 5.99. The first kappa shape index (κ1) is 16.0. The van der Waals surface area contributed by atoms with E-state index >= 15 is 0 Å². The van der Waals surface area contributed by atoms with Crippen molar-refractivity contribution in [3.63, 3.8) is 0 Å². The number of hydrogen-bond acceptors (Lipinski definition) is 5. The first-order valence-corrected chi connectivity index (χ1v) is 6.44. The lowest BCUT2D eigenvalue weighted by Gasteiger charge is -2.23. The van der Waals surface area contributed by atoms with Crippen LogP contribution in [-0.2, 0) is 13.6 Å². The van der Waals surface area contributed by atoms with Crippen molar-refractivity contribution in [2.45, 2.75) is 6.10 Å². The van der Waals surface area contributed by atoms with Crippen LogP contribution < -0.4 is 0 Å². The van der Waals surface area contributed by atoms with E-state index in [0.29, 0.717) is 11.0 Å². The van der Waals surface area contributed by atoms with Crippen molar-refractivity contribution in [1.82, 2.24) is 0 Å². The van der Waals surface area contributed by atoms with Gasteiger partial charge in [-0.05, 0) is 0 Å². The number of nitrogens with zero attached hydrogens (tertiary/aromatic N) is 1. The number of likely N-dealkylation sites (N-methyl/N-ethyl adjacent to an activating group) is 1. The monoisotopic (exact) mass is 259 g/mol. The van der Waals surface area contributed by atoms with Crippen molar-refractivity contribution in [2.75, 3.05) is 47.5 Å². The third-order valence-corrected chi connectivity index (χ3v) is 2.68. The van der Waals surface area contributed by atoms with Gasteiger partial charge in [0.05, 0.1) is 34.4 Å². The summed E-state index contributed by atoms with van der Waals surface area (Å²) < 4.78 is 21.3. The van der Waals surface area contributed by atoms with Crippen LogP contribution in [0.4, 0.5) is 0 Å². The summed E-state index contributed by atoms with van der Waals surface area (Å²) in [6, 6.07) is 0. The minimum atomic E-state index is -3.88. The Morgan fingerprint density at radius 1 is 1.38 bits per heavy atom. The minimum absolute atomic E-state index is 0.138. The second kappa shape index (κ2) is 6.66. The lowest BCUT2D eigenvalue weighted by molar-refractivity contribution is -0.870. The van der Waals surface area contributed by atoms with Gasteiger partial charge in [0, 0.05) is 0 Å². The van der Waals surface area contributed by atoms with Crippen LogP contribution in [0.25, 0.3) is 0 Å². The van der Waals surface area contributed by atoms with Gasteiger partial charge in [0.15, 0.2) is 0 Å².